The minimum Gasteiger partial charge on any atom is -1.00 e. The topological polar surface area (TPSA) is 227 Å². The first kappa shape index (κ1) is 81.2. The van der Waals surface area contributed by atoms with E-state index in [1.807, 2.05) is 220 Å². The van der Waals surface area contributed by atoms with Crippen molar-refractivity contribution in [3.8, 4) is 11.4 Å². The number of benzene rings is 6. The second-order valence-corrected chi connectivity index (χ2v) is 33.5. The van der Waals surface area contributed by atoms with Gasteiger partial charge in [-0.05, 0) is 233 Å². The summed E-state index contributed by atoms with van der Waals surface area (Å²) in [5.74, 6) is 0.815. The van der Waals surface area contributed by atoms with E-state index in [0.29, 0.717) is 80.0 Å². The number of hydrogen-bond donors (Lipinski definition) is 4. The fourth-order valence-corrected chi connectivity index (χ4v) is 16.0. The predicted molar refractivity (Wildman–Crippen MR) is 410 cm³/mol. The molecule has 20 nitrogen and oxygen atoms in total. The summed E-state index contributed by atoms with van der Waals surface area (Å²) in [5.41, 5.74) is 9.70. The van der Waals surface area contributed by atoms with Gasteiger partial charge in [-0.3, -0.25) is 30.0 Å². The zero-order valence-electron chi connectivity index (χ0n) is 64.8. The summed E-state index contributed by atoms with van der Waals surface area (Å²) in [5, 5.41) is 12.6. The number of nitrogens with one attached hydrogen (secondary N) is 4. The van der Waals surface area contributed by atoms with Crippen molar-refractivity contribution >= 4 is 103 Å². The molecule has 6 amide bonds. The lowest BCUT2D eigenvalue weighted by Gasteiger charge is -2.60. The molecule has 22 heteroatoms. The first-order valence-electron chi connectivity index (χ1n) is 37.3. The van der Waals surface area contributed by atoms with Crippen molar-refractivity contribution in [2.24, 2.45) is 22.7 Å². The highest BCUT2D eigenvalue weighted by Crippen LogP contribution is 2.65. The van der Waals surface area contributed by atoms with Crippen molar-refractivity contribution in [3.63, 3.8) is 0 Å². The summed E-state index contributed by atoms with van der Waals surface area (Å²) in [6.07, 6.45) is 9.12. The Kier molecular flexibility index (Phi) is 25.0. The summed E-state index contributed by atoms with van der Waals surface area (Å²) >= 11 is 0. The molecule has 106 heavy (non-hydrogen) atoms. The summed E-state index contributed by atoms with van der Waals surface area (Å²) in [6.45, 7) is 31.9. The molecular formula is C84H108Cl2N10O10. The van der Waals surface area contributed by atoms with Crippen LogP contribution in [0.4, 0.5) is 41.9 Å². The number of carbonyl (C=O) groups is 6. The van der Waals surface area contributed by atoms with Crippen LogP contribution in [0.1, 0.15) is 195 Å². The van der Waals surface area contributed by atoms with E-state index >= 15 is 0 Å². The Morgan fingerprint density at radius 2 is 0.755 bits per heavy atom. The van der Waals surface area contributed by atoms with Crippen LogP contribution in [0.5, 0.6) is 0 Å². The van der Waals surface area contributed by atoms with Gasteiger partial charge in [0.05, 0.1) is 33.6 Å². The fraction of sp³-hybridized carbons (Fsp3) is 0.500. The van der Waals surface area contributed by atoms with Crippen LogP contribution in [-0.2, 0) is 28.5 Å². The lowest BCUT2D eigenvalue weighted by molar-refractivity contribution is -0.538. The quantitative estimate of drug-likeness (QED) is 0.0215. The van der Waals surface area contributed by atoms with Crippen LogP contribution < -0.4 is 65.0 Å². The number of nitrogens with zero attached hydrogens (tertiary/aromatic N) is 6. The monoisotopic (exact) mass is 1490 g/mol. The molecule has 4 bridgehead atoms. The molecule has 0 spiro atoms. The summed E-state index contributed by atoms with van der Waals surface area (Å²) in [7, 11) is 0. The molecule has 6 aromatic carbocycles. The molecule has 2 heterocycles. The van der Waals surface area contributed by atoms with E-state index in [9.17, 15) is 28.8 Å². The molecule has 4 fully saturated rings. The van der Waals surface area contributed by atoms with Crippen molar-refractivity contribution in [2.45, 2.75) is 223 Å². The third-order valence-corrected chi connectivity index (χ3v) is 20.0. The molecule has 4 saturated carbocycles. The van der Waals surface area contributed by atoms with Crippen molar-refractivity contribution in [1.82, 2.24) is 20.6 Å². The number of anilines is 4. The first-order valence-corrected chi connectivity index (χ1v) is 37.3. The maximum absolute atomic E-state index is 14.5. The Hall–Kier alpha value is -8.88. The molecule has 568 valence electrons. The lowest BCUT2D eigenvalue weighted by Crippen LogP contribution is -3.00. The molecule has 0 aliphatic heterocycles. The zero-order valence-corrected chi connectivity index (χ0v) is 66.3. The van der Waals surface area contributed by atoms with Gasteiger partial charge in [0.15, 0.2) is 0 Å². The van der Waals surface area contributed by atoms with Gasteiger partial charge in [0.2, 0.25) is 45.3 Å². The summed E-state index contributed by atoms with van der Waals surface area (Å²) in [4.78, 5) is 97.7. The van der Waals surface area contributed by atoms with Gasteiger partial charge in [0.1, 0.15) is 44.5 Å². The van der Waals surface area contributed by atoms with Crippen LogP contribution in [0.3, 0.4) is 0 Å². The maximum atomic E-state index is 14.5. The average Bonchev–Trinajstić information content (AvgIpc) is 0.711. The lowest BCUT2D eigenvalue weighted by atomic mass is 9.43. The Bertz CT molecular complexity index is 4290. The molecule has 0 unspecified atom stereocenters. The van der Waals surface area contributed by atoms with E-state index < -0.39 is 57.6 Å². The summed E-state index contributed by atoms with van der Waals surface area (Å²) < 4.78 is 27.7. The fourth-order valence-electron chi connectivity index (χ4n) is 16.0. The van der Waals surface area contributed by atoms with Gasteiger partial charge in [0, 0.05) is 74.7 Å². The molecule has 4 aliphatic carbocycles. The van der Waals surface area contributed by atoms with Crippen LogP contribution in [0.25, 0.3) is 55.5 Å². The molecule has 0 radical (unpaired) electrons. The van der Waals surface area contributed by atoms with Crippen LogP contribution in [-0.4, -0.2) is 94.7 Å². The van der Waals surface area contributed by atoms with E-state index in [0.717, 1.165) is 148 Å². The number of fused-ring (bicyclic) bond motifs is 4. The second kappa shape index (κ2) is 32.7. The number of aryl methyl sites for hydroxylation is 4. The van der Waals surface area contributed by atoms with Crippen molar-refractivity contribution in [1.29, 1.82) is 0 Å². The van der Waals surface area contributed by atoms with Crippen molar-refractivity contribution < 1.29 is 81.7 Å². The van der Waals surface area contributed by atoms with Crippen LogP contribution >= 0.6 is 0 Å². The number of unbranched alkanes of at least 4 members (excludes halogenated alkanes) is 6. The number of amides is 6. The van der Waals surface area contributed by atoms with Crippen LogP contribution in [0.15, 0.2) is 109 Å². The van der Waals surface area contributed by atoms with Gasteiger partial charge < -0.3 is 54.4 Å². The molecule has 2 aromatic heterocycles. The van der Waals surface area contributed by atoms with Gasteiger partial charge in [0.25, 0.3) is 0 Å². The van der Waals surface area contributed by atoms with E-state index in [1.54, 1.807) is 9.80 Å². The highest BCUT2D eigenvalue weighted by molar-refractivity contribution is 5.97. The number of ether oxygens (including phenoxy) is 4. The number of halogens is 2. The Balaban J connectivity index is 0.00000650. The Morgan fingerprint density at radius 1 is 0.434 bits per heavy atom. The Morgan fingerprint density at radius 3 is 1.09 bits per heavy atom. The number of rotatable bonds is 22. The zero-order chi connectivity index (χ0) is 74.8. The molecule has 8 aromatic rings. The van der Waals surface area contributed by atoms with Gasteiger partial charge in [-0.25, -0.2) is 29.1 Å². The molecule has 4 aliphatic rings. The SMILES string of the molecule is Cc1cc2nc3cc(C)c(N(CCCCCCNC(=O)C45CC6CC(C4)CC(C(=O)NCCCCCCN(C(=O)OC(C)(C)C)c4cc7c(cc4C)nc4cc(C)c(NC(=O)OC(C)(C)C)cc4[n+]7-c4ccccc4)(C6)C5)C(=O)OC(C)(C)C)cc3[n+](-c3ccccc3)c2cc1NC(=O)OC(C)(C)C.[Cl-].[Cl-]. The van der Waals surface area contributed by atoms with E-state index in [2.05, 4.69) is 30.4 Å². The summed E-state index contributed by atoms with van der Waals surface area (Å²) in [6, 6.07) is 35.8. The number of carbonyl (C=O) groups excluding carboxylic acids is 6. The molecule has 12 rings (SSSR count). The third kappa shape index (κ3) is 19.3. The van der Waals surface area contributed by atoms with Crippen molar-refractivity contribution in [2.75, 3.05) is 46.6 Å². The van der Waals surface area contributed by atoms with E-state index in [1.165, 1.54) is 0 Å². The highest BCUT2D eigenvalue weighted by Gasteiger charge is 2.63. The van der Waals surface area contributed by atoms with E-state index in [-0.39, 0.29) is 36.6 Å². The van der Waals surface area contributed by atoms with Gasteiger partial charge >= 0.3 is 24.4 Å². The number of aromatic nitrogens is 4. The molecule has 4 N–H and O–H groups in total. The largest absolute Gasteiger partial charge is 1.00 e. The predicted octanol–water partition coefficient (Wildman–Crippen LogP) is 11.7. The van der Waals surface area contributed by atoms with E-state index in [4.69, 9.17) is 28.9 Å². The second-order valence-electron chi connectivity index (χ2n) is 33.5. The van der Waals surface area contributed by atoms with Crippen LogP contribution in [0.2, 0.25) is 0 Å². The minimum absolute atomic E-state index is 0. The molecule has 0 atom stereocenters. The van der Waals surface area contributed by atoms with Crippen molar-refractivity contribution in [3.05, 3.63) is 131 Å². The normalized spacial score (nSPS) is 17.6. The maximum Gasteiger partial charge on any atom is 0.414 e. The van der Waals surface area contributed by atoms with Crippen LogP contribution in [0, 0.1) is 50.4 Å². The molecular weight excluding hydrogens is 1380 g/mol. The average molecular weight is 1490 g/mol. The standard InChI is InChI=1S/C84H106N10O10.2ClH/c1-53-39-63-69(44-61(53)89-75(97)101-79(5,6)7)93(59-31-23-21-24-32-59)71-46-67(55(3)41-65(71)87-63)91(77(99)103-81(11,12)13)37-29-19-17-27-35-85-73(95)83-48-57-43-58(49-83)51-84(50-57,52-83)74(96)86-36-28-18-20-30-38-92(78(100)104-82(14,15)16)68-47-72-66(42-56(68)4)88-64-40-54(2)62(90-76(98)102-80(8,9)10)45-70(64)94(72)60-33-25-22-26-34-60;;/h21-26,31-34,39-42,44-47,57-58H,17-20,27-30,35-38,43,48-52H2,1-16H3,(H2,85,86,95,96);2*1H. The van der Waals surface area contributed by atoms with Gasteiger partial charge in [-0.1, -0.05) is 62.1 Å². The molecule has 0 saturated heterocycles. The Labute approximate surface area is 637 Å². The first-order chi connectivity index (χ1) is 49.0. The smallest absolute Gasteiger partial charge is 0.414 e. The minimum atomic E-state index is -0.748. The third-order valence-electron chi connectivity index (χ3n) is 20.0. The highest BCUT2D eigenvalue weighted by atomic mass is 35.5. The van der Waals surface area contributed by atoms with Gasteiger partial charge in [-0.2, -0.15) is 0 Å². The number of hydrogen-bond acceptors (Lipinski definition) is 12. The van der Waals surface area contributed by atoms with Gasteiger partial charge in [-0.15, -0.1) is 9.13 Å². The number of para-hydroxylation sites is 2.